The molecule has 0 aromatic heterocycles. The second-order valence-electron chi connectivity index (χ2n) is 17.4. The highest BCUT2D eigenvalue weighted by Gasteiger charge is 2.52. The number of nitrogens with zero attached hydrogens (tertiary/aromatic N) is 4. The van der Waals surface area contributed by atoms with Crippen molar-refractivity contribution in [3.8, 4) is 23.0 Å². The molecule has 0 saturated carbocycles. The van der Waals surface area contributed by atoms with E-state index in [1.807, 2.05) is 29.3 Å². The van der Waals surface area contributed by atoms with Gasteiger partial charge < -0.3 is 33.6 Å². The quantitative estimate of drug-likeness (QED) is 0.179. The number of carbonyl (C=O) groups is 2. The van der Waals surface area contributed by atoms with Gasteiger partial charge in [0.1, 0.15) is 0 Å². The van der Waals surface area contributed by atoms with Crippen LogP contribution in [0.25, 0.3) is 0 Å². The molecule has 6 rings (SSSR count). The molecule has 4 aliphatic rings. The number of carbonyl (C=O) groups excluding carboxylic acids is 2. The second kappa shape index (κ2) is 15.0. The molecule has 3 unspecified atom stereocenters. The molecule has 10 heteroatoms. The molecular weight excluding hydrogens is 681 g/mol. The second-order valence-corrected chi connectivity index (χ2v) is 17.4. The fraction of sp³-hybridized carbons (Fsp3) is 0.568. The number of anilines is 1. The summed E-state index contributed by atoms with van der Waals surface area (Å²) < 4.78 is 24.3. The van der Waals surface area contributed by atoms with Crippen LogP contribution < -0.4 is 23.8 Å². The van der Waals surface area contributed by atoms with Gasteiger partial charge in [0.15, 0.2) is 23.0 Å². The summed E-state index contributed by atoms with van der Waals surface area (Å²) in [4.78, 5) is 38.3. The van der Waals surface area contributed by atoms with E-state index in [2.05, 4.69) is 76.5 Å². The Labute approximate surface area is 322 Å². The highest BCUT2D eigenvalue weighted by atomic mass is 16.5. The van der Waals surface area contributed by atoms with Gasteiger partial charge in [0, 0.05) is 44.5 Å². The fourth-order valence-corrected chi connectivity index (χ4v) is 8.67. The first-order valence-electron chi connectivity index (χ1n) is 19.5. The van der Waals surface area contributed by atoms with Crippen LogP contribution in [0.3, 0.4) is 0 Å². The molecule has 2 aromatic carbocycles. The first kappa shape index (κ1) is 39.2. The lowest BCUT2D eigenvalue weighted by molar-refractivity contribution is 0.0536. The molecule has 0 N–H and O–H groups in total. The number of hydrogen-bond acceptors (Lipinski definition) is 8. The molecule has 10 nitrogen and oxygen atoms in total. The van der Waals surface area contributed by atoms with Crippen LogP contribution in [-0.2, 0) is 0 Å². The van der Waals surface area contributed by atoms with E-state index < -0.39 is 0 Å². The van der Waals surface area contributed by atoms with Crippen LogP contribution in [0.2, 0.25) is 0 Å². The van der Waals surface area contributed by atoms with Gasteiger partial charge >= 0.3 is 0 Å². The van der Waals surface area contributed by atoms with Crippen LogP contribution in [-0.4, -0.2) is 93.0 Å². The zero-order valence-corrected chi connectivity index (χ0v) is 34.0. The molecule has 4 aliphatic heterocycles. The molecular formula is C44H60N4O6. The van der Waals surface area contributed by atoms with Crippen LogP contribution in [0.15, 0.2) is 53.6 Å². The average molecular weight is 741 g/mol. The Kier molecular flexibility index (Phi) is 10.9. The summed E-state index contributed by atoms with van der Waals surface area (Å²) in [5.41, 5.74) is 4.34. The van der Waals surface area contributed by atoms with Crippen LogP contribution in [0.1, 0.15) is 107 Å². The molecule has 2 fully saturated rings. The topological polar surface area (TPSA) is 93.1 Å². The van der Waals surface area contributed by atoms with E-state index in [1.165, 1.54) is 0 Å². The van der Waals surface area contributed by atoms with Gasteiger partial charge in [-0.1, -0.05) is 65.3 Å². The number of methoxy groups -OCH3 is 2. The van der Waals surface area contributed by atoms with Crippen molar-refractivity contribution in [1.82, 2.24) is 9.80 Å². The summed E-state index contributed by atoms with van der Waals surface area (Å²) in [7, 11) is 5.31. The first-order chi connectivity index (χ1) is 25.5. The molecule has 54 heavy (non-hydrogen) atoms. The van der Waals surface area contributed by atoms with Crippen molar-refractivity contribution in [2.24, 2.45) is 15.8 Å². The lowest BCUT2D eigenvalue weighted by Gasteiger charge is -2.44. The Hall–Kier alpha value is -4.47. The highest BCUT2D eigenvalue weighted by molar-refractivity contribution is 6.04. The fourth-order valence-electron chi connectivity index (χ4n) is 8.67. The predicted molar refractivity (Wildman–Crippen MR) is 215 cm³/mol. The third-order valence-electron chi connectivity index (χ3n) is 12.2. The maximum Gasteiger partial charge on any atom is 0.257 e. The van der Waals surface area contributed by atoms with Crippen molar-refractivity contribution in [1.29, 1.82) is 0 Å². The van der Waals surface area contributed by atoms with E-state index in [0.717, 1.165) is 61.8 Å². The summed E-state index contributed by atoms with van der Waals surface area (Å²) >= 11 is 0. The summed E-state index contributed by atoms with van der Waals surface area (Å²) in [6.07, 6.45) is 8.04. The number of rotatable bonds is 14. The van der Waals surface area contributed by atoms with Crippen molar-refractivity contribution < 1.29 is 28.5 Å². The Balaban J connectivity index is 1.08. The maximum absolute atomic E-state index is 14.1. The van der Waals surface area contributed by atoms with Gasteiger partial charge in [-0.15, -0.1) is 0 Å². The minimum absolute atomic E-state index is 0.00729. The number of likely N-dealkylation sites (N-methyl/N-ethyl adjacent to an activating group) is 1. The molecule has 2 aromatic rings. The largest absolute Gasteiger partial charge is 0.493 e. The van der Waals surface area contributed by atoms with Crippen LogP contribution in [0, 0.1) is 10.8 Å². The average Bonchev–Trinajstić information content (AvgIpc) is 3.64. The van der Waals surface area contributed by atoms with E-state index in [4.69, 9.17) is 18.9 Å². The number of fused-ring (bicyclic) bond motifs is 4. The maximum atomic E-state index is 14.1. The van der Waals surface area contributed by atoms with Gasteiger partial charge in [-0.05, 0) is 68.4 Å². The molecule has 2 amide bonds. The standard InChI is InChI=1S/C44H60N4O6/c1-12-13-44-23-29(3)26-48(44)41(50)33-20-37(52-11)39(22-35(33)46(9)30(44)4)53-17-16-42(5,6)14-15-43(7,8)27-54-38-21-34-32(19-36(38)51-10)40(49)47-25-28(2)18-31(47)24-45-34/h19-22,24,30-31H,2-3,12-18,23,25-27H2,1,4-11H3. The van der Waals surface area contributed by atoms with E-state index in [1.54, 1.807) is 20.3 Å². The molecule has 0 radical (unpaired) electrons. The van der Waals surface area contributed by atoms with Crippen molar-refractivity contribution in [3.05, 3.63) is 59.7 Å². The smallest absolute Gasteiger partial charge is 0.257 e. The highest BCUT2D eigenvalue weighted by Crippen LogP contribution is 2.48. The number of ether oxygens (including phenoxy) is 4. The van der Waals surface area contributed by atoms with Crippen molar-refractivity contribution in [2.75, 3.05) is 52.5 Å². The molecule has 3 atom stereocenters. The Morgan fingerprint density at radius 3 is 2.20 bits per heavy atom. The third-order valence-corrected chi connectivity index (χ3v) is 12.2. The summed E-state index contributed by atoms with van der Waals surface area (Å²) in [6, 6.07) is 7.46. The number of amides is 2. The molecule has 4 heterocycles. The van der Waals surface area contributed by atoms with Gasteiger partial charge in [0.05, 0.1) is 61.5 Å². The molecule has 292 valence electrons. The third kappa shape index (κ3) is 7.45. The van der Waals surface area contributed by atoms with Crippen LogP contribution >= 0.6 is 0 Å². The minimum Gasteiger partial charge on any atom is -0.493 e. The van der Waals surface area contributed by atoms with Gasteiger partial charge in [-0.25, -0.2) is 0 Å². The van der Waals surface area contributed by atoms with Gasteiger partial charge in [-0.3, -0.25) is 14.6 Å². The van der Waals surface area contributed by atoms with E-state index in [9.17, 15) is 9.59 Å². The Morgan fingerprint density at radius 2 is 1.52 bits per heavy atom. The summed E-state index contributed by atoms with van der Waals surface area (Å²) in [6.45, 7) is 23.9. The predicted octanol–water partition coefficient (Wildman–Crippen LogP) is 8.65. The number of hydrogen-bond donors (Lipinski definition) is 0. The normalized spacial score (nSPS) is 22.4. The van der Waals surface area contributed by atoms with E-state index >= 15 is 0 Å². The SMILES string of the molecule is C=C1CC2C=Nc3cc(OCC(C)(C)CCC(C)(C)CCOc4cc5c(cc4OC)C(=O)N4CC(=C)CC4(CCC)C(C)N5C)c(OC)cc3C(=O)N2C1. The molecule has 0 aliphatic carbocycles. The first-order valence-corrected chi connectivity index (χ1v) is 19.5. The number of benzene rings is 2. The number of aliphatic imine (C=N–C) groups is 1. The Morgan fingerprint density at radius 1 is 0.852 bits per heavy atom. The molecule has 2 saturated heterocycles. The molecule has 0 bridgehead atoms. The van der Waals surface area contributed by atoms with Gasteiger partial charge in [0.25, 0.3) is 11.8 Å². The zero-order valence-electron chi connectivity index (χ0n) is 34.0. The Bertz CT molecular complexity index is 1850. The lowest BCUT2D eigenvalue weighted by atomic mass is 9.78. The van der Waals surface area contributed by atoms with Crippen molar-refractivity contribution in [2.45, 2.75) is 104 Å². The van der Waals surface area contributed by atoms with E-state index in [-0.39, 0.29) is 40.3 Å². The monoisotopic (exact) mass is 740 g/mol. The van der Waals surface area contributed by atoms with Crippen LogP contribution in [0.5, 0.6) is 23.0 Å². The molecule has 0 spiro atoms. The lowest BCUT2D eigenvalue weighted by Crippen LogP contribution is -2.57. The summed E-state index contributed by atoms with van der Waals surface area (Å²) in [5.74, 6) is 2.28. The van der Waals surface area contributed by atoms with E-state index in [0.29, 0.717) is 66.1 Å². The van der Waals surface area contributed by atoms with Gasteiger partial charge in [-0.2, -0.15) is 0 Å². The zero-order chi connectivity index (χ0) is 39.2. The summed E-state index contributed by atoms with van der Waals surface area (Å²) in [5, 5.41) is 0. The van der Waals surface area contributed by atoms with Gasteiger partial charge in [0.2, 0.25) is 0 Å². The minimum atomic E-state index is -0.289. The van der Waals surface area contributed by atoms with Crippen LogP contribution in [0.4, 0.5) is 11.4 Å². The van der Waals surface area contributed by atoms with Crippen molar-refractivity contribution >= 4 is 29.4 Å². The van der Waals surface area contributed by atoms with Crippen molar-refractivity contribution in [3.63, 3.8) is 0 Å².